The number of hydrogen-bond acceptors (Lipinski definition) is 7. The zero-order valence-corrected chi connectivity index (χ0v) is 15.6. The van der Waals surface area contributed by atoms with Crippen LogP contribution in [0.3, 0.4) is 0 Å². The van der Waals surface area contributed by atoms with Crippen molar-refractivity contribution in [2.24, 2.45) is 0 Å². The fraction of sp³-hybridized carbons (Fsp3) is 0.389. The molecule has 3 aromatic heterocycles. The van der Waals surface area contributed by atoms with Gasteiger partial charge in [0.25, 0.3) is 5.91 Å². The van der Waals surface area contributed by atoms with E-state index in [9.17, 15) is 4.79 Å². The van der Waals surface area contributed by atoms with Crippen molar-refractivity contribution in [1.82, 2.24) is 29.8 Å². The number of carbonyl (C=O) groups is 1. The Bertz CT molecular complexity index is 937. The summed E-state index contributed by atoms with van der Waals surface area (Å²) in [7, 11) is 0. The molecule has 4 rings (SSSR count). The molecular weight excluding hydrogens is 346 g/mol. The summed E-state index contributed by atoms with van der Waals surface area (Å²) in [5, 5.41) is 8.11. The first-order chi connectivity index (χ1) is 13.0. The Morgan fingerprint density at radius 1 is 1.07 bits per heavy atom. The molecule has 4 heterocycles. The quantitative estimate of drug-likeness (QED) is 0.693. The predicted octanol–water partition coefficient (Wildman–Crippen LogP) is 1.54. The van der Waals surface area contributed by atoms with Gasteiger partial charge in [0.2, 0.25) is 0 Å². The minimum Gasteiger partial charge on any atom is -0.361 e. The number of amides is 1. The van der Waals surface area contributed by atoms with Crippen LogP contribution in [0.15, 0.2) is 29.0 Å². The van der Waals surface area contributed by atoms with Crippen LogP contribution in [0.2, 0.25) is 0 Å². The molecule has 0 atom stereocenters. The summed E-state index contributed by atoms with van der Waals surface area (Å²) in [6.45, 7) is 8.05. The number of rotatable bonds is 3. The second-order valence-electron chi connectivity index (χ2n) is 6.56. The number of piperazine rings is 1. The van der Waals surface area contributed by atoms with Gasteiger partial charge in [0.1, 0.15) is 23.0 Å². The van der Waals surface area contributed by atoms with Crippen molar-refractivity contribution in [2.75, 3.05) is 31.1 Å². The van der Waals surface area contributed by atoms with E-state index in [0.717, 1.165) is 11.6 Å². The molecule has 0 spiro atoms. The molecule has 0 aliphatic carbocycles. The molecule has 27 heavy (non-hydrogen) atoms. The minimum atomic E-state index is -0.0259. The smallest absolute Gasteiger partial charge is 0.259 e. The lowest BCUT2D eigenvalue weighted by Gasteiger charge is -2.35. The molecule has 0 radical (unpaired) electrons. The van der Waals surface area contributed by atoms with Crippen molar-refractivity contribution in [2.45, 2.75) is 20.8 Å². The highest BCUT2D eigenvalue weighted by molar-refractivity contribution is 5.96. The maximum absolute atomic E-state index is 12.8. The van der Waals surface area contributed by atoms with E-state index in [1.54, 1.807) is 24.7 Å². The van der Waals surface area contributed by atoms with Crippen LogP contribution < -0.4 is 4.90 Å². The van der Waals surface area contributed by atoms with Gasteiger partial charge in [-0.05, 0) is 26.8 Å². The lowest BCUT2D eigenvalue weighted by atomic mass is 10.1. The van der Waals surface area contributed by atoms with Crippen LogP contribution in [-0.4, -0.2) is 61.9 Å². The number of hydrogen-bond donors (Lipinski definition) is 0. The molecule has 0 aromatic carbocycles. The Hall–Kier alpha value is -3.23. The van der Waals surface area contributed by atoms with Crippen molar-refractivity contribution >= 4 is 11.7 Å². The van der Waals surface area contributed by atoms with E-state index in [1.165, 1.54) is 0 Å². The van der Waals surface area contributed by atoms with Gasteiger partial charge in [-0.2, -0.15) is 5.10 Å². The van der Waals surface area contributed by atoms with Gasteiger partial charge in [-0.15, -0.1) is 0 Å². The van der Waals surface area contributed by atoms with E-state index < -0.39 is 0 Å². The highest BCUT2D eigenvalue weighted by Crippen LogP contribution is 2.20. The topological polar surface area (TPSA) is 93.2 Å². The molecule has 0 unspecified atom stereocenters. The summed E-state index contributed by atoms with van der Waals surface area (Å²) in [6.07, 6.45) is 3.57. The number of carbonyl (C=O) groups excluding carboxylic acids is 1. The number of nitrogens with zero attached hydrogens (tertiary/aromatic N) is 7. The molecule has 1 amide bonds. The molecule has 1 fully saturated rings. The zero-order valence-electron chi connectivity index (χ0n) is 15.6. The summed E-state index contributed by atoms with van der Waals surface area (Å²) in [5.74, 6) is 2.80. The molecule has 0 bridgehead atoms. The van der Waals surface area contributed by atoms with Gasteiger partial charge >= 0.3 is 0 Å². The average molecular weight is 367 g/mol. The SMILES string of the molecule is Cc1nc(N2CCN(C(=O)c3c(C)noc3C)CC2)cc(-n2cccn2)n1. The van der Waals surface area contributed by atoms with Crippen LogP contribution in [0.1, 0.15) is 27.6 Å². The Labute approximate surface area is 156 Å². The monoisotopic (exact) mass is 367 g/mol. The molecule has 3 aromatic rings. The van der Waals surface area contributed by atoms with Crippen molar-refractivity contribution in [3.05, 3.63) is 47.4 Å². The Morgan fingerprint density at radius 3 is 2.44 bits per heavy atom. The molecule has 9 heteroatoms. The van der Waals surface area contributed by atoms with Gasteiger partial charge < -0.3 is 14.3 Å². The van der Waals surface area contributed by atoms with Crippen molar-refractivity contribution < 1.29 is 9.32 Å². The largest absolute Gasteiger partial charge is 0.361 e. The average Bonchev–Trinajstić information content (AvgIpc) is 3.31. The van der Waals surface area contributed by atoms with Gasteiger partial charge in [-0.1, -0.05) is 5.16 Å². The Morgan fingerprint density at radius 2 is 1.81 bits per heavy atom. The fourth-order valence-corrected chi connectivity index (χ4v) is 3.31. The molecule has 0 N–H and O–H groups in total. The third-order valence-electron chi connectivity index (χ3n) is 4.69. The first-order valence-electron chi connectivity index (χ1n) is 8.86. The van der Waals surface area contributed by atoms with Gasteiger partial charge in [-0.3, -0.25) is 4.79 Å². The minimum absolute atomic E-state index is 0.0259. The molecule has 1 saturated heterocycles. The molecule has 0 saturated carbocycles. The second kappa shape index (κ2) is 6.82. The summed E-state index contributed by atoms with van der Waals surface area (Å²) in [4.78, 5) is 25.8. The fourth-order valence-electron chi connectivity index (χ4n) is 3.31. The van der Waals surface area contributed by atoms with E-state index in [1.807, 2.05) is 30.2 Å². The molecule has 140 valence electrons. The second-order valence-corrected chi connectivity index (χ2v) is 6.56. The third kappa shape index (κ3) is 3.27. The Kier molecular flexibility index (Phi) is 4.35. The standard InChI is InChI=1S/C18H21N7O2/c1-12-17(13(2)27-22-12)18(26)24-9-7-23(8-10-24)15-11-16(21-14(3)20-15)25-6-4-5-19-25/h4-6,11H,7-10H2,1-3H3. The lowest BCUT2D eigenvalue weighted by molar-refractivity contribution is 0.0744. The van der Waals surface area contributed by atoms with E-state index in [-0.39, 0.29) is 5.91 Å². The highest BCUT2D eigenvalue weighted by Gasteiger charge is 2.27. The summed E-state index contributed by atoms with van der Waals surface area (Å²) in [5.41, 5.74) is 1.21. The van der Waals surface area contributed by atoms with Crippen LogP contribution in [0.4, 0.5) is 5.82 Å². The van der Waals surface area contributed by atoms with Gasteiger partial charge in [-0.25, -0.2) is 14.6 Å². The van der Waals surface area contributed by atoms with Crippen molar-refractivity contribution in [1.29, 1.82) is 0 Å². The van der Waals surface area contributed by atoms with Crippen LogP contribution >= 0.6 is 0 Å². The first kappa shape index (κ1) is 17.2. The molecule has 1 aliphatic rings. The van der Waals surface area contributed by atoms with E-state index in [0.29, 0.717) is 49.0 Å². The van der Waals surface area contributed by atoms with Gasteiger partial charge in [0.05, 0.1) is 5.69 Å². The zero-order chi connectivity index (χ0) is 19.0. The van der Waals surface area contributed by atoms with Crippen LogP contribution in [-0.2, 0) is 0 Å². The summed E-state index contributed by atoms with van der Waals surface area (Å²) >= 11 is 0. The van der Waals surface area contributed by atoms with E-state index >= 15 is 0 Å². The predicted molar refractivity (Wildman–Crippen MR) is 98.0 cm³/mol. The number of anilines is 1. The molecule has 9 nitrogen and oxygen atoms in total. The summed E-state index contributed by atoms with van der Waals surface area (Å²) in [6, 6.07) is 3.78. The molecule has 1 aliphatic heterocycles. The van der Waals surface area contributed by atoms with Crippen LogP contribution in [0.25, 0.3) is 5.82 Å². The van der Waals surface area contributed by atoms with Crippen LogP contribution in [0.5, 0.6) is 0 Å². The normalized spacial score (nSPS) is 14.6. The van der Waals surface area contributed by atoms with Gasteiger partial charge in [0.15, 0.2) is 5.82 Å². The Balaban J connectivity index is 1.49. The van der Waals surface area contributed by atoms with Crippen molar-refractivity contribution in [3.63, 3.8) is 0 Å². The maximum Gasteiger partial charge on any atom is 0.259 e. The van der Waals surface area contributed by atoms with E-state index in [4.69, 9.17) is 4.52 Å². The number of aromatic nitrogens is 5. The molecular formula is C18H21N7O2. The third-order valence-corrected chi connectivity index (χ3v) is 4.69. The van der Waals surface area contributed by atoms with E-state index in [2.05, 4.69) is 25.1 Å². The maximum atomic E-state index is 12.8. The highest BCUT2D eigenvalue weighted by atomic mass is 16.5. The van der Waals surface area contributed by atoms with Crippen LogP contribution in [0, 0.1) is 20.8 Å². The summed E-state index contributed by atoms with van der Waals surface area (Å²) < 4.78 is 6.84. The van der Waals surface area contributed by atoms with Crippen molar-refractivity contribution in [3.8, 4) is 5.82 Å². The first-order valence-corrected chi connectivity index (χ1v) is 8.86. The number of aryl methyl sites for hydroxylation is 3. The lowest BCUT2D eigenvalue weighted by Crippen LogP contribution is -2.49. The van der Waals surface area contributed by atoms with Gasteiger partial charge in [0, 0.05) is 44.6 Å².